The van der Waals surface area contributed by atoms with Gasteiger partial charge in [0.1, 0.15) is 0 Å². The van der Waals surface area contributed by atoms with Gasteiger partial charge in [-0.15, -0.1) is 0 Å². The van der Waals surface area contributed by atoms with Crippen LogP contribution in [0.1, 0.15) is 142 Å². The van der Waals surface area contributed by atoms with Crippen molar-refractivity contribution in [1.82, 2.24) is 0 Å². The predicted octanol–water partition coefficient (Wildman–Crippen LogP) is 8.42. The Bertz CT molecular complexity index is 511. The third kappa shape index (κ3) is 24.9. The Labute approximate surface area is 196 Å². The molecule has 2 unspecified atom stereocenters. The topological polar surface area (TPSA) is 113 Å². The Morgan fingerprint density at radius 2 is 0.906 bits per heavy atom. The molecule has 0 aromatic carbocycles. The van der Waals surface area contributed by atoms with E-state index in [4.69, 9.17) is 14.3 Å². The van der Waals surface area contributed by atoms with Gasteiger partial charge in [-0.25, -0.2) is 9.13 Å². The number of phosphoric acid groups is 2. The van der Waals surface area contributed by atoms with Crippen LogP contribution in [-0.4, -0.2) is 20.8 Å². The fraction of sp³-hybridized carbons (Fsp3) is 1.00. The maximum absolute atomic E-state index is 11.5. The summed E-state index contributed by atoms with van der Waals surface area (Å²) in [6, 6.07) is 0. The molecule has 0 spiro atoms. The minimum Gasteiger partial charge on any atom is -0.302 e. The number of hydrogen-bond acceptors (Lipinski definition) is 4. The van der Waals surface area contributed by atoms with Crippen LogP contribution in [0, 0.1) is 0 Å². The van der Waals surface area contributed by atoms with Crippen LogP contribution in [0.5, 0.6) is 0 Å². The Kier molecular flexibility index (Phi) is 20.8. The molecule has 0 saturated heterocycles. The van der Waals surface area contributed by atoms with E-state index >= 15 is 0 Å². The van der Waals surface area contributed by atoms with E-state index in [2.05, 4.69) is 11.2 Å². The molecule has 0 radical (unpaired) electrons. The highest BCUT2D eigenvalue weighted by Crippen LogP contribution is 2.58. The third-order valence-corrected chi connectivity index (χ3v) is 8.04. The monoisotopic (exact) mass is 500 g/mol. The standard InChI is InChI=1S/C23H50O7P2/c1-3-4-5-6-7-8-9-10-11-12-13-14-15-16-17-18-19-20-21-22-23(2)29-32(27,28)30-31(24,25)26/h23H,3-22H2,1-2H3,(H,27,28)(H2,24,25,26). The molecule has 0 heterocycles. The Hall–Kier alpha value is 0.260. The fourth-order valence-electron chi connectivity index (χ4n) is 3.94. The molecule has 0 aliphatic carbocycles. The van der Waals surface area contributed by atoms with E-state index in [1.54, 1.807) is 6.92 Å². The lowest BCUT2D eigenvalue weighted by Gasteiger charge is -2.17. The third-order valence-electron chi connectivity index (χ3n) is 5.74. The summed E-state index contributed by atoms with van der Waals surface area (Å²) in [6.45, 7) is 3.86. The molecule has 9 heteroatoms. The summed E-state index contributed by atoms with van der Waals surface area (Å²) in [5.74, 6) is 0. The van der Waals surface area contributed by atoms with Gasteiger partial charge in [0.15, 0.2) is 0 Å². The quantitative estimate of drug-likeness (QED) is 0.0900. The summed E-state index contributed by atoms with van der Waals surface area (Å²) in [7, 11) is -9.78. The molecule has 0 aliphatic heterocycles. The van der Waals surface area contributed by atoms with Crippen molar-refractivity contribution in [2.75, 3.05) is 0 Å². The van der Waals surface area contributed by atoms with E-state index in [9.17, 15) is 14.0 Å². The molecule has 0 aliphatic rings. The van der Waals surface area contributed by atoms with Crippen LogP contribution >= 0.6 is 15.6 Å². The smallest absolute Gasteiger partial charge is 0.302 e. The van der Waals surface area contributed by atoms with Crippen LogP contribution in [-0.2, 0) is 18.0 Å². The first kappa shape index (κ1) is 32.3. The highest BCUT2D eigenvalue weighted by Gasteiger charge is 2.33. The van der Waals surface area contributed by atoms with Crippen LogP contribution in [0.2, 0.25) is 0 Å². The molecule has 0 saturated carbocycles. The fourth-order valence-corrected chi connectivity index (χ4v) is 5.73. The van der Waals surface area contributed by atoms with E-state index in [1.807, 2.05) is 0 Å². The van der Waals surface area contributed by atoms with Gasteiger partial charge in [-0.1, -0.05) is 129 Å². The summed E-state index contributed by atoms with van der Waals surface area (Å²) in [4.78, 5) is 26.5. The van der Waals surface area contributed by atoms with Gasteiger partial charge in [0.25, 0.3) is 0 Å². The Morgan fingerprint density at radius 3 is 1.22 bits per heavy atom. The summed E-state index contributed by atoms with van der Waals surface area (Å²) < 4.78 is 30.6. The lowest BCUT2D eigenvalue weighted by atomic mass is 10.0. The molecule has 0 bridgehead atoms. The molecule has 7 nitrogen and oxygen atoms in total. The molecule has 3 N–H and O–H groups in total. The van der Waals surface area contributed by atoms with Crippen LogP contribution in [0.15, 0.2) is 0 Å². The van der Waals surface area contributed by atoms with Crippen molar-refractivity contribution < 1.29 is 32.6 Å². The predicted molar refractivity (Wildman–Crippen MR) is 132 cm³/mol. The summed E-state index contributed by atoms with van der Waals surface area (Å²) in [6.07, 6.45) is 24.8. The second kappa shape index (κ2) is 20.6. The molecule has 0 amide bonds. The van der Waals surface area contributed by atoms with Crippen LogP contribution in [0.25, 0.3) is 0 Å². The lowest BCUT2D eigenvalue weighted by molar-refractivity contribution is 0.130. The van der Waals surface area contributed by atoms with E-state index < -0.39 is 21.7 Å². The molecule has 0 fully saturated rings. The zero-order valence-corrected chi connectivity index (χ0v) is 22.4. The van der Waals surface area contributed by atoms with Crippen LogP contribution in [0.4, 0.5) is 0 Å². The minimum atomic E-state index is -5.05. The Balaban J connectivity index is 3.33. The molecule has 0 rings (SSSR count). The lowest BCUT2D eigenvalue weighted by Crippen LogP contribution is -2.07. The largest absolute Gasteiger partial charge is 0.481 e. The van der Waals surface area contributed by atoms with Crippen molar-refractivity contribution in [2.24, 2.45) is 0 Å². The maximum atomic E-state index is 11.5. The van der Waals surface area contributed by atoms with Crippen LogP contribution in [0.3, 0.4) is 0 Å². The van der Waals surface area contributed by atoms with Crippen molar-refractivity contribution >= 4 is 15.6 Å². The second-order valence-corrected chi connectivity index (χ2v) is 11.9. The number of rotatable bonds is 24. The van der Waals surface area contributed by atoms with Gasteiger partial charge < -0.3 is 14.7 Å². The first-order valence-corrected chi connectivity index (χ1v) is 16.0. The summed E-state index contributed by atoms with van der Waals surface area (Å²) in [5.41, 5.74) is 0. The zero-order valence-electron chi connectivity index (χ0n) is 20.6. The SMILES string of the molecule is CCCCCCCCCCCCCCCCCCCCCC(C)OP(=O)(O)OP(=O)(O)O. The zero-order chi connectivity index (χ0) is 24.1. The maximum Gasteiger partial charge on any atom is 0.481 e. The van der Waals surface area contributed by atoms with Gasteiger partial charge >= 0.3 is 15.6 Å². The molecule has 0 aromatic heterocycles. The highest BCUT2D eigenvalue weighted by molar-refractivity contribution is 7.60. The van der Waals surface area contributed by atoms with Gasteiger partial charge in [0.05, 0.1) is 6.10 Å². The van der Waals surface area contributed by atoms with Gasteiger partial charge in [-0.05, 0) is 13.3 Å². The van der Waals surface area contributed by atoms with Crippen molar-refractivity contribution in [1.29, 1.82) is 0 Å². The van der Waals surface area contributed by atoms with Crippen molar-refractivity contribution in [2.45, 2.75) is 148 Å². The number of hydrogen-bond donors (Lipinski definition) is 3. The molecule has 194 valence electrons. The molecular formula is C23H50O7P2. The normalized spacial score (nSPS) is 15.0. The van der Waals surface area contributed by atoms with Gasteiger partial charge in [-0.3, -0.25) is 4.52 Å². The summed E-state index contributed by atoms with van der Waals surface area (Å²) in [5, 5.41) is 0. The van der Waals surface area contributed by atoms with E-state index in [0.717, 1.165) is 19.3 Å². The highest BCUT2D eigenvalue weighted by atomic mass is 31.3. The first-order chi connectivity index (χ1) is 15.2. The van der Waals surface area contributed by atoms with Crippen molar-refractivity contribution in [3.8, 4) is 0 Å². The minimum absolute atomic E-state index is 0.550. The number of phosphoric ester groups is 1. The molecule has 32 heavy (non-hydrogen) atoms. The average Bonchev–Trinajstić information content (AvgIpc) is 2.67. The van der Waals surface area contributed by atoms with Gasteiger partial charge in [0, 0.05) is 0 Å². The second-order valence-electron chi connectivity index (χ2n) is 9.11. The first-order valence-electron chi connectivity index (χ1n) is 12.9. The van der Waals surface area contributed by atoms with Gasteiger partial charge in [0.2, 0.25) is 0 Å². The Morgan fingerprint density at radius 1 is 0.594 bits per heavy atom. The average molecular weight is 501 g/mol. The summed E-state index contributed by atoms with van der Waals surface area (Å²) >= 11 is 0. The number of unbranched alkanes of at least 4 members (excludes halogenated alkanes) is 18. The van der Waals surface area contributed by atoms with Gasteiger partial charge in [-0.2, -0.15) is 4.31 Å². The van der Waals surface area contributed by atoms with Crippen molar-refractivity contribution in [3.63, 3.8) is 0 Å². The molecule has 0 aromatic rings. The van der Waals surface area contributed by atoms with E-state index in [1.165, 1.54) is 103 Å². The molecule has 2 atom stereocenters. The van der Waals surface area contributed by atoms with E-state index in [-0.39, 0.29) is 0 Å². The van der Waals surface area contributed by atoms with E-state index in [0.29, 0.717) is 6.42 Å². The van der Waals surface area contributed by atoms with Crippen molar-refractivity contribution in [3.05, 3.63) is 0 Å². The molecular weight excluding hydrogens is 450 g/mol. The van der Waals surface area contributed by atoms with Crippen LogP contribution < -0.4 is 0 Å².